The number of nitrogens with one attached hydrogen (secondary N) is 3. The first kappa shape index (κ1) is 114. The lowest BCUT2D eigenvalue weighted by Gasteiger charge is -2.11. The second-order valence-electron chi connectivity index (χ2n) is 27.7. The van der Waals surface area contributed by atoms with Crippen LogP contribution in [-0.4, -0.2) is 151 Å². The highest BCUT2D eigenvalue weighted by atomic mass is 79.9. The number of amides is 2. The Hall–Kier alpha value is -10.7. The number of ketones is 2. The van der Waals surface area contributed by atoms with Gasteiger partial charge in [0.05, 0.1) is 142 Å². The van der Waals surface area contributed by atoms with Crippen molar-refractivity contribution in [3.8, 4) is 56.7 Å². The molecule has 0 aliphatic rings. The van der Waals surface area contributed by atoms with Crippen LogP contribution >= 0.6 is 237 Å². The minimum atomic E-state index is -0.347. The number of anilines is 5. The van der Waals surface area contributed by atoms with Gasteiger partial charge < -0.3 is 71.5 Å². The molecule has 0 aliphatic heterocycles. The number of hydrogen-bond donors (Lipinski definition) is 7. The van der Waals surface area contributed by atoms with E-state index in [-0.39, 0.29) is 33.6 Å². The fourth-order valence-electron chi connectivity index (χ4n) is 11.3. The van der Waals surface area contributed by atoms with Gasteiger partial charge in [0.1, 0.15) is 62.5 Å². The molecule has 0 radical (unpaired) electrons. The molecule has 11 N–H and O–H groups in total. The Morgan fingerprint density at radius 2 is 0.894 bits per heavy atom. The normalized spacial score (nSPS) is 10.2. The van der Waals surface area contributed by atoms with Crippen molar-refractivity contribution in [3.63, 3.8) is 0 Å². The van der Waals surface area contributed by atoms with Crippen LogP contribution in [0.15, 0.2) is 253 Å². The number of thiazole rings is 5. The van der Waals surface area contributed by atoms with E-state index in [1.165, 1.54) is 40.9 Å². The van der Waals surface area contributed by atoms with E-state index in [1.807, 2.05) is 164 Å². The van der Waals surface area contributed by atoms with Gasteiger partial charge in [0, 0.05) is 119 Å². The smallest absolute Gasteiger partial charge is 0.285 e. The number of carbonyl (C=O) groups is 4. The summed E-state index contributed by atoms with van der Waals surface area (Å²) in [5.41, 5.74) is 34.6. The Morgan fingerprint density at radius 3 is 1.36 bits per heavy atom. The number of ether oxygens (including phenoxy) is 8. The van der Waals surface area contributed by atoms with Gasteiger partial charge in [-0.15, -0.1) is 50.4 Å². The van der Waals surface area contributed by atoms with Crippen LogP contribution in [0, 0.1) is 13.8 Å². The van der Waals surface area contributed by atoms with Crippen molar-refractivity contribution < 1.29 is 57.1 Å². The Balaban J connectivity index is 0.000000177. The molecule has 0 spiro atoms. The Bertz CT molecular complexity index is 7430. The first-order chi connectivity index (χ1) is 67.5. The number of fused-ring (bicyclic) bond motifs is 6. The summed E-state index contributed by atoms with van der Waals surface area (Å²) in [6.07, 6.45) is 1.91. The highest BCUT2D eigenvalue weighted by Gasteiger charge is 2.19. The molecule has 18 aromatic rings. The maximum atomic E-state index is 12.0. The number of aromatic nitrogens is 10. The minimum absolute atomic E-state index is 0.00735. The zero-order valence-corrected chi connectivity index (χ0v) is 96.5. The number of halogens is 9. The average Bonchev–Trinajstić information content (AvgIpc) is 1.81. The molecule has 0 aliphatic carbocycles. The molecule has 730 valence electrons. The first-order valence-corrected chi connectivity index (χ1v) is 52.9. The number of nitrogen functional groups attached to an aromatic ring is 3. The number of isothiocyanates is 1. The monoisotopic (exact) mass is 2620 g/mol. The number of benzene rings is 10. The van der Waals surface area contributed by atoms with Crippen molar-refractivity contribution in [2.24, 2.45) is 10.7 Å². The van der Waals surface area contributed by atoms with Gasteiger partial charge in [-0.3, -0.25) is 24.5 Å². The van der Waals surface area contributed by atoms with E-state index < -0.39 is 0 Å². The number of methoxy groups -OCH3 is 8. The topological polar surface area (TPSA) is 415 Å². The molecule has 0 fully saturated rings. The second-order valence-corrected chi connectivity index (χ2v) is 41.2. The van der Waals surface area contributed by atoms with Gasteiger partial charge in [0.15, 0.2) is 36.8 Å². The van der Waals surface area contributed by atoms with Gasteiger partial charge >= 0.3 is 0 Å². The number of carbonyl (C=O) groups excluding carboxylic acids is 4. The van der Waals surface area contributed by atoms with E-state index in [0.717, 1.165) is 166 Å². The van der Waals surface area contributed by atoms with Crippen LogP contribution in [-0.2, 0) is 0 Å². The number of thiocarbonyl (C=S) groups is 3. The number of nitrogens with two attached hydrogens (primary N) is 4. The third-order valence-corrected chi connectivity index (χ3v) is 29.7. The summed E-state index contributed by atoms with van der Waals surface area (Å²) in [4.78, 5) is 75.1. The van der Waals surface area contributed by atoms with Crippen molar-refractivity contribution in [3.05, 3.63) is 280 Å². The van der Waals surface area contributed by atoms with Crippen LogP contribution < -0.4 is 76.8 Å². The van der Waals surface area contributed by atoms with Gasteiger partial charge in [-0.05, 0) is 245 Å². The fourth-order valence-corrected chi connectivity index (χ4v) is 21.0. The molecule has 0 unspecified atom stereocenters. The molecule has 47 heteroatoms. The predicted molar refractivity (Wildman–Crippen MR) is 613 cm³/mol. The van der Waals surface area contributed by atoms with Crippen molar-refractivity contribution in [2.75, 3.05) is 90.0 Å². The summed E-state index contributed by atoms with van der Waals surface area (Å²) in [6.45, 7) is 5.34. The molecule has 0 saturated carbocycles. The molecule has 0 bridgehead atoms. The van der Waals surface area contributed by atoms with Gasteiger partial charge in [0.2, 0.25) is 5.78 Å². The zero-order chi connectivity index (χ0) is 103. The van der Waals surface area contributed by atoms with Crippen LogP contribution in [0.4, 0.5) is 28.0 Å². The van der Waals surface area contributed by atoms with Crippen molar-refractivity contribution in [1.29, 1.82) is 0 Å². The third-order valence-electron chi connectivity index (χ3n) is 17.7. The van der Waals surface area contributed by atoms with E-state index in [9.17, 15) is 19.2 Å². The largest absolute Gasteiger partial charge is 0.497 e. The second kappa shape index (κ2) is 57.0. The van der Waals surface area contributed by atoms with Crippen LogP contribution in [0.3, 0.4) is 0 Å². The van der Waals surface area contributed by atoms with Crippen LogP contribution in [0.5, 0.6) is 46.0 Å². The molecule has 30 nitrogen and oxygen atoms in total. The van der Waals surface area contributed by atoms with E-state index >= 15 is 0 Å². The number of aliphatic imine (C=N–C) groups is 1. The fraction of sp³-hybridized carbons (Fsp3) is 0.128. The Labute approximate surface area is 920 Å². The summed E-state index contributed by atoms with van der Waals surface area (Å²) in [6, 6.07) is 60.4. The number of alkyl halides is 1. The number of imidazole rings is 1. The number of Topliss-reactive ketones (excluding diaryl/α,β-unsaturated/α-hetero) is 2. The van der Waals surface area contributed by atoms with E-state index in [4.69, 9.17) is 85.3 Å². The predicted octanol–water partition coefficient (Wildman–Crippen LogP) is 26.8. The molecule has 10 aromatic carbocycles. The summed E-state index contributed by atoms with van der Waals surface area (Å²) < 4.78 is 55.5. The number of rotatable bonds is 16. The quantitative estimate of drug-likeness (QED) is 0.0155. The summed E-state index contributed by atoms with van der Waals surface area (Å²) >= 11 is 52.1. The lowest BCUT2D eigenvalue weighted by atomic mass is 10.2. The Kier molecular flexibility index (Phi) is 46.0. The van der Waals surface area contributed by atoms with Crippen LogP contribution in [0.2, 0.25) is 0 Å². The molecule has 8 aromatic heterocycles. The maximum absolute atomic E-state index is 12.0. The van der Waals surface area contributed by atoms with Gasteiger partial charge in [-0.2, -0.15) is 15.2 Å². The minimum Gasteiger partial charge on any atom is -0.497 e. The molecule has 18 rings (SSSR count). The molecule has 0 saturated heterocycles. The average molecular weight is 2630 g/mol. The molecule has 141 heavy (non-hydrogen) atoms. The standard InChI is InChI=1S/C15H11BrN4OS.C15H13BrN2O2S.C10H7Br2NO2S.C10H8BrNO2S.C8H7BrN2OS.C8H9BrN2OS.C8H6BrNOS.C8H5NOS.C7H8BrNO.C5H7N3/c1-8-3-4-13-17-12(7-20(13)19-8)15-18-11-6-9(21-2)5-10(16)14(11)22-15;1-20-13-8-11(16)7-12(9-13)17-15(21)18-14(19)10-5-3-2-4-6-10;1-15-5-2-6(12)9-7(3-5)13-10(16-9)8(14)4-11;1-5(13)10-12-8-4-6(14-2)3-7(11)9(8)15-10;1-12-4-2-5(9)7-6(3-4)11-8(10)13-7;1-12-7-3-5(9)2-6(4-7)11-8(10)13;1-11-5-2-6(9)8-7(3-5)10-4-12-8;10-8(9-6-11)7-4-2-1-3-5-7;1-10-7-3-5(8)2-6(9)4-7;1-4-2-3-5(6)8-7-4/h3-7H,1-2H3;2-9H,1H3,(H2,17,18,19,21);2-3H,4H2,1H3;3-4H,1-2H3;2-3H,1H3,(H2,10,11);2-4H,1H3,(H3,10,11,13);2-4H,1H3;1-5H;2-4H,9H2,1H3;2-3H,1H3,(H2,6,8). The van der Waals surface area contributed by atoms with Crippen LogP contribution in [0.1, 0.15) is 58.6 Å². The van der Waals surface area contributed by atoms with E-state index in [1.54, 1.807) is 151 Å². The number of aryl methyl sites for hydroxylation is 2. The summed E-state index contributed by atoms with van der Waals surface area (Å²) in [5.74, 6) is 5.90. The van der Waals surface area contributed by atoms with Crippen molar-refractivity contribution in [1.82, 2.24) is 55.0 Å². The molecular weight excluding hydrogens is 2550 g/mol. The third kappa shape index (κ3) is 35.4. The lowest BCUT2D eigenvalue weighted by Crippen LogP contribution is -2.34. The van der Waals surface area contributed by atoms with Gasteiger partial charge in [0.25, 0.3) is 11.8 Å². The van der Waals surface area contributed by atoms with Crippen molar-refractivity contribution >= 4 is 360 Å². The maximum Gasteiger partial charge on any atom is 0.285 e. The SMILES string of the molecule is COc1cc(Br)c2sc(-c3cn4nc(C)ccc4n3)nc2c1.COc1cc(Br)c2sc(C(=O)CBr)nc2c1.COc1cc(Br)c2sc(C(C)=O)nc2c1.COc1cc(Br)c2sc(N)nc2c1.COc1cc(Br)c2scnc2c1.COc1cc(Br)cc(NC(=S)NC(=O)c2ccccc2)c1.COc1cc(Br)cc(NC(N)=S)c1.COc1cc(N)cc(Br)c1.Cc1ccc(N)nn1.O=C(N=C=S)c1ccccc1. The number of hydrogen-bond acceptors (Lipinski definition) is 32. The van der Waals surface area contributed by atoms with E-state index in [0.29, 0.717) is 48.9 Å². The van der Waals surface area contributed by atoms with Crippen LogP contribution in [0.25, 0.3) is 67.4 Å². The molecule has 2 amide bonds. The lowest BCUT2D eigenvalue weighted by molar-refractivity contribution is 0.0974. The number of nitrogens with zero attached hydrogens (tertiary/aromatic N) is 11. The molecule has 8 heterocycles. The summed E-state index contributed by atoms with van der Waals surface area (Å²) in [7, 11) is 12.9. The van der Waals surface area contributed by atoms with Gasteiger partial charge in [-0.1, -0.05) is 111 Å². The molecular formula is C94H81Br9N18O12S8. The van der Waals surface area contributed by atoms with Crippen molar-refractivity contribution in [2.45, 2.75) is 20.8 Å². The zero-order valence-electron chi connectivity index (χ0n) is 75.7. The Morgan fingerprint density at radius 1 is 0.461 bits per heavy atom. The highest BCUT2D eigenvalue weighted by molar-refractivity contribution is 9.12. The summed E-state index contributed by atoms with van der Waals surface area (Å²) in [5, 5.41) is 25.4. The first-order valence-electron chi connectivity index (χ1n) is 40.1. The van der Waals surface area contributed by atoms with Gasteiger partial charge in [-0.25, -0.2) is 34.4 Å². The van der Waals surface area contributed by atoms with E-state index in [2.05, 4.69) is 222 Å². The molecule has 0 atom stereocenters. The highest BCUT2D eigenvalue weighted by Crippen LogP contribution is 2.41.